The van der Waals surface area contributed by atoms with Gasteiger partial charge in [0, 0.05) is 28.3 Å². The number of nitrogens with zero attached hydrogens (tertiary/aromatic N) is 2. The Kier molecular flexibility index (Phi) is 5.91. The van der Waals surface area contributed by atoms with Crippen molar-refractivity contribution in [1.29, 1.82) is 5.26 Å². The lowest BCUT2D eigenvalue weighted by atomic mass is 9.76. The molecule has 1 atom stereocenters. The number of carbonyl (C=O) groups excluding carboxylic acids is 1. The normalized spacial score (nSPS) is 19.2. The van der Waals surface area contributed by atoms with Crippen molar-refractivity contribution in [3.63, 3.8) is 0 Å². The van der Waals surface area contributed by atoms with Crippen LogP contribution < -0.4 is 10.6 Å². The first-order valence-corrected chi connectivity index (χ1v) is 12.2. The first-order chi connectivity index (χ1) is 14.4. The SMILES string of the molecule is CSc1sc(C)cc1[C@H]1C(C#N)=C(N)N(c2ccc(Cl)c(Cl)c2)C2=C1C(=O)CCC2. The van der Waals surface area contributed by atoms with Crippen LogP contribution in [0.5, 0.6) is 0 Å². The number of nitriles is 1. The van der Waals surface area contributed by atoms with Gasteiger partial charge in [0.15, 0.2) is 5.78 Å². The number of hydrogen-bond donors (Lipinski definition) is 1. The number of Topliss-reactive ketones (excluding diaryl/α,β-unsaturated/α-hetero) is 1. The minimum Gasteiger partial charge on any atom is -0.384 e. The van der Waals surface area contributed by atoms with E-state index in [0.29, 0.717) is 45.5 Å². The number of anilines is 1. The molecule has 2 aliphatic rings. The number of carbonyl (C=O) groups is 1. The third-order valence-corrected chi connectivity index (χ3v) is 8.38. The number of thiophene rings is 1. The van der Waals surface area contributed by atoms with E-state index in [1.807, 2.05) is 24.1 Å². The predicted molar refractivity (Wildman–Crippen MR) is 125 cm³/mol. The van der Waals surface area contributed by atoms with Crippen LogP contribution in [0.4, 0.5) is 5.69 Å². The van der Waals surface area contributed by atoms with Crippen molar-refractivity contribution < 1.29 is 4.79 Å². The smallest absolute Gasteiger partial charge is 0.161 e. The molecule has 0 saturated heterocycles. The number of ketones is 1. The Labute approximate surface area is 194 Å². The van der Waals surface area contributed by atoms with Crippen molar-refractivity contribution in [1.82, 2.24) is 0 Å². The van der Waals surface area contributed by atoms with Gasteiger partial charge in [0.2, 0.25) is 0 Å². The van der Waals surface area contributed by atoms with Crippen LogP contribution >= 0.6 is 46.3 Å². The molecule has 0 fully saturated rings. The molecule has 1 aromatic heterocycles. The maximum absolute atomic E-state index is 13.2. The molecule has 154 valence electrons. The fourth-order valence-corrected chi connectivity index (χ4v) is 6.40. The number of rotatable bonds is 3. The van der Waals surface area contributed by atoms with E-state index in [0.717, 1.165) is 26.8 Å². The van der Waals surface area contributed by atoms with Crippen LogP contribution in [-0.2, 0) is 4.79 Å². The second-order valence-corrected chi connectivity index (χ2v) is 10.4. The van der Waals surface area contributed by atoms with E-state index in [-0.39, 0.29) is 5.78 Å². The number of hydrogen-bond acceptors (Lipinski definition) is 6. The monoisotopic (exact) mass is 475 g/mol. The molecule has 0 radical (unpaired) electrons. The third kappa shape index (κ3) is 3.44. The maximum Gasteiger partial charge on any atom is 0.161 e. The van der Waals surface area contributed by atoms with Gasteiger partial charge in [0.05, 0.1) is 31.8 Å². The summed E-state index contributed by atoms with van der Waals surface area (Å²) in [6.45, 7) is 2.04. The summed E-state index contributed by atoms with van der Waals surface area (Å²) in [6.07, 6.45) is 3.93. The lowest BCUT2D eigenvalue weighted by Crippen LogP contribution is -2.38. The molecule has 0 unspecified atom stereocenters. The summed E-state index contributed by atoms with van der Waals surface area (Å²) in [5.74, 6) is -0.0306. The fraction of sp³-hybridized carbons (Fsp3) is 0.273. The van der Waals surface area contributed by atoms with Crippen LogP contribution in [0.15, 0.2) is 51.1 Å². The Morgan fingerprint density at radius 3 is 2.70 bits per heavy atom. The summed E-state index contributed by atoms with van der Waals surface area (Å²) in [5, 5.41) is 10.9. The number of thioether (sulfide) groups is 1. The van der Waals surface area contributed by atoms with E-state index in [9.17, 15) is 10.1 Å². The number of benzene rings is 1. The first kappa shape index (κ1) is 21.3. The second kappa shape index (κ2) is 8.32. The van der Waals surface area contributed by atoms with E-state index in [2.05, 4.69) is 12.1 Å². The van der Waals surface area contributed by atoms with E-state index in [1.54, 1.807) is 35.2 Å². The molecule has 2 aromatic rings. The third-order valence-electron chi connectivity index (χ3n) is 5.42. The van der Waals surface area contributed by atoms with Gasteiger partial charge in [-0.3, -0.25) is 9.69 Å². The van der Waals surface area contributed by atoms with Crippen LogP contribution in [0.25, 0.3) is 0 Å². The number of aryl methyl sites for hydroxylation is 1. The highest BCUT2D eigenvalue weighted by atomic mass is 35.5. The molecule has 0 bridgehead atoms. The molecule has 1 aromatic carbocycles. The molecule has 0 amide bonds. The zero-order valence-corrected chi connectivity index (χ0v) is 19.6. The van der Waals surface area contributed by atoms with Crippen molar-refractivity contribution >= 4 is 57.8 Å². The Morgan fingerprint density at radius 2 is 2.03 bits per heavy atom. The van der Waals surface area contributed by atoms with Crippen molar-refractivity contribution in [2.75, 3.05) is 11.2 Å². The van der Waals surface area contributed by atoms with Gasteiger partial charge in [0.25, 0.3) is 0 Å². The zero-order valence-electron chi connectivity index (χ0n) is 16.5. The summed E-state index contributed by atoms with van der Waals surface area (Å²) in [4.78, 5) is 16.1. The molecule has 4 rings (SSSR count). The molecule has 8 heteroatoms. The lowest BCUT2D eigenvalue weighted by Gasteiger charge is -2.39. The van der Waals surface area contributed by atoms with Gasteiger partial charge in [-0.2, -0.15) is 5.26 Å². The van der Waals surface area contributed by atoms with E-state index in [1.165, 1.54) is 0 Å². The summed E-state index contributed by atoms with van der Waals surface area (Å²) in [6, 6.07) is 9.61. The maximum atomic E-state index is 13.2. The van der Waals surface area contributed by atoms with E-state index < -0.39 is 5.92 Å². The Hall–Kier alpha value is -1.91. The molecule has 1 aliphatic carbocycles. The van der Waals surface area contributed by atoms with E-state index in [4.69, 9.17) is 28.9 Å². The Bertz CT molecular complexity index is 1160. The molecule has 2 N–H and O–H groups in total. The Balaban J connectivity index is 1.99. The van der Waals surface area contributed by atoms with Crippen molar-refractivity contribution in [3.8, 4) is 6.07 Å². The lowest BCUT2D eigenvalue weighted by molar-refractivity contribution is -0.116. The zero-order chi connectivity index (χ0) is 21.6. The average Bonchev–Trinajstić information content (AvgIpc) is 3.10. The summed E-state index contributed by atoms with van der Waals surface area (Å²) >= 11 is 15.7. The molecule has 4 nitrogen and oxygen atoms in total. The largest absolute Gasteiger partial charge is 0.384 e. The molecule has 30 heavy (non-hydrogen) atoms. The highest BCUT2D eigenvalue weighted by Gasteiger charge is 2.41. The standard InChI is InChI=1S/C22H19Cl2N3OS2/c1-11-8-13(22(29-2)30-11)19-14(10-25)21(26)27(12-6-7-15(23)16(24)9-12)17-4-3-5-18(28)20(17)19/h6-9,19H,3-5,26H2,1-2H3/t19-/m0/s1. The quantitative estimate of drug-likeness (QED) is 0.520. The van der Waals surface area contributed by atoms with Crippen LogP contribution in [0, 0.1) is 18.3 Å². The first-order valence-electron chi connectivity index (χ1n) is 9.42. The van der Waals surface area contributed by atoms with Crippen molar-refractivity contribution in [2.45, 2.75) is 36.3 Å². The van der Waals surface area contributed by atoms with Gasteiger partial charge in [-0.1, -0.05) is 23.2 Å². The highest BCUT2D eigenvalue weighted by Crippen LogP contribution is 2.49. The summed E-state index contributed by atoms with van der Waals surface area (Å²) < 4.78 is 1.10. The highest BCUT2D eigenvalue weighted by molar-refractivity contribution is 8.00. The molecular weight excluding hydrogens is 457 g/mol. The number of halogens is 2. The topological polar surface area (TPSA) is 70.1 Å². The van der Waals surface area contributed by atoms with Crippen LogP contribution in [-0.4, -0.2) is 12.0 Å². The van der Waals surface area contributed by atoms with Gasteiger partial charge < -0.3 is 5.73 Å². The molecule has 0 saturated carbocycles. The fourth-order valence-electron chi connectivity index (χ4n) is 4.19. The van der Waals surface area contributed by atoms with Gasteiger partial charge in [0.1, 0.15) is 5.82 Å². The van der Waals surface area contributed by atoms with Gasteiger partial charge in [-0.15, -0.1) is 23.1 Å². The van der Waals surface area contributed by atoms with Gasteiger partial charge >= 0.3 is 0 Å². The summed E-state index contributed by atoms with van der Waals surface area (Å²) in [7, 11) is 0. The van der Waals surface area contributed by atoms with E-state index >= 15 is 0 Å². The van der Waals surface area contributed by atoms with Crippen LogP contribution in [0.2, 0.25) is 10.0 Å². The van der Waals surface area contributed by atoms with Crippen molar-refractivity contribution in [2.24, 2.45) is 5.73 Å². The number of nitrogens with two attached hydrogens (primary N) is 1. The molecule has 2 heterocycles. The second-order valence-electron chi connectivity index (χ2n) is 7.22. The van der Waals surface area contributed by atoms with Crippen LogP contribution in [0.3, 0.4) is 0 Å². The van der Waals surface area contributed by atoms with Gasteiger partial charge in [-0.25, -0.2) is 0 Å². The molecule has 0 spiro atoms. The minimum absolute atomic E-state index is 0.0717. The van der Waals surface area contributed by atoms with Gasteiger partial charge in [-0.05, 0) is 55.9 Å². The van der Waals surface area contributed by atoms with Crippen LogP contribution in [0.1, 0.15) is 35.6 Å². The Morgan fingerprint density at radius 1 is 1.27 bits per heavy atom. The predicted octanol–water partition coefficient (Wildman–Crippen LogP) is 6.39. The van der Waals surface area contributed by atoms with Crippen molar-refractivity contribution in [3.05, 3.63) is 67.4 Å². The molecule has 1 aliphatic heterocycles. The number of allylic oxidation sites excluding steroid dienone is 3. The average molecular weight is 476 g/mol. The molecular formula is C22H19Cl2N3OS2. The minimum atomic E-state index is -0.441. The summed E-state index contributed by atoms with van der Waals surface area (Å²) in [5.41, 5.74) is 10.2.